The largest absolute Gasteiger partial charge is 0.466 e. The fraction of sp³-hybridized carbons (Fsp3) is 0.263. The number of nitrogens with one attached hydrogen (secondary N) is 1. The van der Waals surface area contributed by atoms with E-state index in [4.69, 9.17) is 11.6 Å². The van der Waals surface area contributed by atoms with Gasteiger partial charge in [-0.15, -0.1) is 0 Å². The summed E-state index contributed by atoms with van der Waals surface area (Å²) in [6, 6.07) is 12.4. The predicted octanol–water partition coefficient (Wildman–Crippen LogP) is 4.65. The lowest BCUT2D eigenvalue weighted by molar-refractivity contribution is -0.155. The Kier molecular flexibility index (Phi) is 6.69. The van der Waals surface area contributed by atoms with Gasteiger partial charge in [0.05, 0.1) is 6.61 Å². The molecule has 0 spiro atoms. The van der Waals surface area contributed by atoms with Gasteiger partial charge in [0.25, 0.3) is 0 Å². The number of alkyl halides is 2. The first-order chi connectivity index (χ1) is 12.3. The highest BCUT2D eigenvalue weighted by Crippen LogP contribution is 2.36. The van der Waals surface area contributed by atoms with E-state index in [0.717, 1.165) is 0 Å². The van der Waals surface area contributed by atoms with Crippen molar-refractivity contribution >= 4 is 29.0 Å². The fourth-order valence-corrected chi connectivity index (χ4v) is 2.49. The van der Waals surface area contributed by atoms with Crippen molar-refractivity contribution in [3.05, 3.63) is 65.2 Å². The Labute approximate surface area is 155 Å². The minimum Gasteiger partial charge on any atom is -0.466 e. The van der Waals surface area contributed by atoms with Crippen LogP contribution in [0.25, 0.3) is 0 Å². The van der Waals surface area contributed by atoms with Crippen molar-refractivity contribution in [1.29, 1.82) is 0 Å². The molecule has 2 rings (SSSR count). The van der Waals surface area contributed by atoms with Crippen LogP contribution in [0.3, 0.4) is 0 Å². The number of benzene rings is 2. The minimum absolute atomic E-state index is 0.0144. The van der Waals surface area contributed by atoms with E-state index in [2.05, 4.69) is 10.1 Å². The first-order valence-corrected chi connectivity index (χ1v) is 8.36. The van der Waals surface area contributed by atoms with Crippen molar-refractivity contribution in [2.24, 2.45) is 0 Å². The minimum atomic E-state index is -3.84. The third-order valence-corrected chi connectivity index (χ3v) is 3.88. The zero-order valence-electron chi connectivity index (χ0n) is 14.0. The number of Topliss-reactive ketones (excluding diaryl/α,β-unsaturated/α-hetero) is 1. The molecule has 0 heterocycles. The topological polar surface area (TPSA) is 55.4 Å². The molecule has 2 aromatic carbocycles. The number of carbonyl (C=O) groups excluding carboxylic acids is 2. The van der Waals surface area contributed by atoms with Crippen LogP contribution < -0.4 is 5.32 Å². The van der Waals surface area contributed by atoms with Gasteiger partial charge in [-0.1, -0.05) is 41.9 Å². The lowest BCUT2D eigenvalue weighted by Crippen LogP contribution is -2.41. The molecule has 0 aromatic heterocycles. The SMILES string of the molecule is CCOC(=O)CC(=O)C(F)(F)C(Nc1ccccc1)c1ccc(Cl)cc1. The Balaban J connectivity index is 2.33. The molecule has 0 saturated carbocycles. The average Bonchev–Trinajstić information content (AvgIpc) is 2.61. The molecule has 1 N–H and O–H groups in total. The third kappa shape index (κ3) is 5.02. The number of anilines is 1. The van der Waals surface area contributed by atoms with Crippen molar-refractivity contribution in [2.45, 2.75) is 25.3 Å². The molecule has 0 amide bonds. The number of hydrogen-bond acceptors (Lipinski definition) is 4. The van der Waals surface area contributed by atoms with Gasteiger partial charge >= 0.3 is 11.9 Å². The van der Waals surface area contributed by atoms with Crippen LogP contribution in [-0.2, 0) is 14.3 Å². The number of ketones is 1. The predicted molar refractivity (Wildman–Crippen MR) is 95.5 cm³/mol. The first kappa shape index (κ1) is 19.8. The highest BCUT2D eigenvalue weighted by Gasteiger charge is 2.48. The molecule has 1 atom stereocenters. The van der Waals surface area contributed by atoms with Gasteiger partial charge in [-0.3, -0.25) is 9.59 Å². The number of ether oxygens (including phenoxy) is 1. The summed E-state index contributed by atoms with van der Waals surface area (Å²) in [4.78, 5) is 23.6. The lowest BCUT2D eigenvalue weighted by atomic mass is 9.95. The highest BCUT2D eigenvalue weighted by molar-refractivity contribution is 6.30. The van der Waals surface area contributed by atoms with Crippen LogP contribution >= 0.6 is 11.6 Å². The van der Waals surface area contributed by atoms with Crippen LogP contribution in [0, 0.1) is 0 Å². The van der Waals surface area contributed by atoms with E-state index >= 15 is 0 Å². The van der Waals surface area contributed by atoms with Crippen LogP contribution in [0.2, 0.25) is 5.02 Å². The zero-order chi connectivity index (χ0) is 19.2. The second kappa shape index (κ2) is 8.76. The van der Waals surface area contributed by atoms with Crippen molar-refractivity contribution in [3.8, 4) is 0 Å². The molecule has 0 aliphatic rings. The summed E-state index contributed by atoms with van der Waals surface area (Å²) in [5.41, 5.74) is 0.580. The number of hydrogen-bond donors (Lipinski definition) is 1. The van der Waals surface area contributed by atoms with Gasteiger partial charge in [0.15, 0.2) is 0 Å². The number of halogens is 3. The molecule has 0 radical (unpaired) electrons. The number of rotatable bonds is 8. The molecular weight excluding hydrogens is 364 g/mol. The maximum Gasteiger partial charge on any atom is 0.329 e. The van der Waals surface area contributed by atoms with Crippen molar-refractivity contribution in [3.63, 3.8) is 0 Å². The van der Waals surface area contributed by atoms with E-state index in [1.54, 1.807) is 30.3 Å². The Morgan fingerprint density at radius 2 is 1.73 bits per heavy atom. The fourth-order valence-electron chi connectivity index (χ4n) is 2.36. The second-order valence-corrected chi connectivity index (χ2v) is 5.96. The number of carbonyl (C=O) groups is 2. The molecule has 1 unspecified atom stereocenters. The maximum atomic E-state index is 14.9. The Bertz CT molecular complexity index is 751. The average molecular weight is 382 g/mol. The molecule has 0 aliphatic carbocycles. The van der Waals surface area contributed by atoms with E-state index in [-0.39, 0.29) is 12.2 Å². The molecule has 0 fully saturated rings. The summed E-state index contributed by atoms with van der Waals surface area (Å²) in [6.45, 7) is 1.55. The number of esters is 1. The summed E-state index contributed by atoms with van der Waals surface area (Å²) in [5, 5.41) is 3.06. The van der Waals surface area contributed by atoms with Gasteiger partial charge in [0.2, 0.25) is 5.78 Å². The van der Waals surface area contributed by atoms with Gasteiger partial charge in [-0.2, -0.15) is 8.78 Å². The summed E-state index contributed by atoms with van der Waals surface area (Å²) in [7, 11) is 0. The Morgan fingerprint density at radius 3 is 2.31 bits per heavy atom. The smallest absolute Gasteiger partial charge is 0.329 e. The van der Waals surface area contributed by atoms with Gasteiger partial charge in [0, 0.05) is 10.7 Å². The van der Waals surface area contributed by atoms with Gasteiger partial charge in [-0.05, 0) is 36.8 Å². The molecule has 2 aromatic rings. The van der Waals surface area contributed by atoms with E-state index in [1.165, 1.54) is 31.2 Å². The zero-order valence-corrected chi connectivity index (χ0v) is 14.8. The molecule has 0 bridgehead atoms. The summed E-state index contributed by atoms with van der Waals surface area (Å²) in [5.74, 6) is -6.33. The summed E-state index contributed by atoms with van der Waals surface area (Å²) >= 11 is 5.82. The quantitative estimate of drug-likeness (QED) is 0.534. The molecular formula is C19H18ClF2NO3. The molecule has 0 saturated heterocycles. The van der Waals surface area contributed by atoms with Crippen molar-refractivity contribution in [1.82, 2.24) is 0 Å². The monoisotopic (exact) mass is 381 g/mol. The second-order valence-electron chi connectivity index (χ2n) is 5.52. The third-order valence-electron chi connectivity index (χ3n) is 3.63. The number of para-hydroxylation sites is 1. The lowest BCUT2D eigenvalue weighted by Gasteiger charge is -2.28. The normalized spacial score (nSPS) is 12.3. The first-order valence-electron chi connectivity index (χ1n) is 7.98. The van der Waals surface area contributed by atoms with Crippen LogP contribution in [0.15, 0.2) is 54.6 Å². The molecule has 138 valence electrons. The van der Waals surface area contributed by atoms with E-state index < -0.39 is 30.1 Å². The van der Waals surface area contributed by atoms with Gasteiger partial charge < -0.3 is 10.1 Å². The molecule has 7 heteroatoms. The van der Waals surface area contributed by atoms with Crippen LogP contribution in [0.5, 0.6) is 0 Å². The summed E-state index contributed by atoms with van der Waals surface area (Å²) < 4.78 is 34.4. The highest BCUT2D eigenvalue weighted by atomic mass is 35.5. The standard InChI is InChI=1S/C19H18ClF2NO3/c1-2-26-17(25)12-16(24)19(21,22)18(13-8-10-14(20)11-9-13)23-15-6-4-3-5-7-15/h3-11,18,23H,2,12H2,1H3. The molecule has 0 aliphatic heterocycles. The Morgan fingerprint density at radius 1 is 1.12 bits per heavy atom. The molecule has 4 nitrogen and oxygen atoms in total. The van der Waals surface area contributed by atoms with E-state index in [0.29, 0.717) is 10.7 Å². The van der Waals surface area contributed by atoms with Crippen LogP contribution in [0.4, 0.5) is 14.5 Å². The van der Waals surface area contributed by atoms with Crippen molar-refractivity contribution in [2.75, 3.05) is 11.9 Å². The van der Waals surface area contributed by atoms with Crippen LogP contribution in [0.1, 0.15) is 24.9 Å². The van der Waals surface area contributed by atoms with Gasteiger partial charge in [0.1, 0.15) is 12.5 Å². The van der Waals surface area contributed by atoms with Gasteiger partial charge in [-0.25, -0.2) is 0 Å². The Hall–Kier alpha value is -2.47. The van der Waals surface area contributed by atoms with Crippen molar-refractivity contribution < 1.29 is 23.1 Å². The van der Waals surface area contributed by atoms with E-state index in [9.17, 15) is 18.4 Å². The van der Waals surface area contributed by atoms with Crippen LogP contribution in [-0.4, -0.2) is 24.3 Å². The summed E-state index contributed by atoms with van der Waals surface area (Å²) in [6.07, 6.45) is -0.999. The maximum absolute atomic E-state index is 14.9. The van der Waals surface area contributed by atoms with E-state index in [1.807, 2.05) is 0 Å². The molecule has 26 heavy (non-hydrogen) atoms.